The molecule has 1 aromatic heterocycles. The van der Waals surface area contributed by atoms with E-state index < -0.39 is 11.9 Å². The molecular weight excluding hydrogens is 302 g/mol. The molecule has 3 rings (SSSR count). The zero-order valence-electron chi connectivity index (χ0n) is 12.7. The molecule has 2 N–H and O–H groups in total. The Bertz CT molecular complexity index is 821. The molecule has 0 aliphatic rings. The Hall–Kier alpha value is -1.59. The van der Waals surface area contributed by atoms with Gasteiger partial charge in [0.05, 0.1) is 0 Å². The summed E-state index contributed by atoms with van der Waals surface area (Å²) in [4.78, 5) is 3.35. The predicted octanol–water partition coefficient (Wildman–Crippen LogP) is 3.80. The topological polar surface area (TPSA) is 54.5 Å². The third kappa shape index (κ3) is 2.20. The molecule has 0 saturated heterocycles. The molecule has 5 heteroatoms. The number of halogens is 1. The van der Waals surface area contributed by atoms with Gasteiger partial charge in [-0.05, 0) is 31.2 Å². The standard InChI is InChI=1S/C17H18ClNO3/c1-10(20)17(21-2,22-3)11-4-6-13-14-9-12(18)5-7-15(14)19-16(13)8-11/h4-10,19-20H,1-3H3/t10-/m0/s1. The van der Waals surface area contributed by atoms with Crippen molar-refractivity contribution >= 4 is 33.4 Å². The number of aliphatic hydroxyl groups excluding tert-OH is 1. The first-order chi connectivity index (χ1) is 10.5. The highest BCUT2D eigenvalue weighted by molar-refractivity contribution is 6.31. The summed E-state index contributed by atoms with van der Waals surface area (Å²) in [7, 11) is 3.04. The first-order valence-electron chi connectivity index (χ1n) is 7.01. The second-order valence-corrected chi connectivity index (χ2v) is 5.76. The monoisotopic (exact) mass is 319 g/mol. The highest BCUT2D eigenvalue weighted by atomic mass is 35.5. The summed E-state index contributed by atoms with van der Waals surface area (Å²) in [5.74, 6) is -1.19. The third-order valence-corrected chi connectivity index (χ3v) is 4.35. The smallest absolute Gasteiger partial charge is 0.221 e. The number of benzene rings is 2. The van der Waals surface area contributed by atoms with Crippen LogP contribution in [0.5, 0.6) is 0 Å². The SMILES string of the molecule is COC(OC)(c1ccc2c(c1)[nH]c1ccc(Cl)cc12)[C@H](C)O. The third-order valence-electron chi connectivity index (χ3n) is 4.12. The van der Waals surface area contributed by atoms with Gasteiger partial charge in [0.1, 0.15) is 6.10 Å². The van der Waals surface area contributed by atoms with E-state index in [1.54, 1.807) is 6.92 Å². The van der Waals surface area contributed by atoms with Crippen LogP contribution >= 0.6 is 11.6 Å². The fourth-order valence-electron chi connectivity index (χ4n) is 2.99. The number of aromatic nitrogens is 1. The number of ether oxygens (including phenoxy) is 2. The Morgan fingerprint density at radius 1 is 1.05 bits per heavy atom. The summed E-state index contributed by atoms with van der Waals surface area (Å²) in [6.45, 7) is 1.64. The van der Waals surface area contributed by atoms with Gasteiger partial charge in [-0.3, -0.25) is 0 Å². The number of hydrogen-bond acceptors (Lipinski definition) is 3. The number of hydrogen-bond donors (Lipinski definition) is 2. The van der Waals surface area contributed by atoms with Crippen LogP contribution < -0.4 is 0 Å². The van der Waals surface area contributed by atoms with E-state index in [9.17, 15) is 5.11 Å². The van der Waals surface area contributed by atoms with Gasteiger partial charge in [0.15, 0.2) is 0 Å². The second kappa shape index (κ2) is 5.56. The van der Waals surface area contributed by atoms with Gasteiger partial charge in [0.2, 0.25) is 5.79 Å². The molecule has 22 heavy (non-hydrogen) atoms. The van der Waals surface area contributed by atoms with Crippen molar-refractivity contribution in [3.8, 4) is 0 Å². The maximum atomic E-state index is 10.1. The molecule has 0 radical (unpaired) electrons. The fraction of sp³-hybridized carbons (Fsp3) is 0.294. The molecule has 3 aromatic rings. The van der Waals surface area contributed by atoms with Crippen molar-refractivity contribution in [3.05, 3.63) is 47.0 Å². The summed E-state index contributed by atoms with van der Waals surface area (Å²) in [5, 5.41) is 12.9. The minimum absolute atomic E-state index is 0.699. The predicted molar refractivity (Wildman–Crippen MR) is 88.2 cm³/mol. The fourth-order valence-corrected chi connectivity index (χ4v) is 3.17. The van der Waals surface area contributed by atoms with E-state index in [1.165, 1.54) is 14.2 Å². The van der Waals surface area contributed by atoms with E-state index >= 15 is 0 Å². The van der Waals surface area contributed by atoms with E-state index in [2.05, 4.69) is 4.98 Å². The molecule has 0 bridgehead atoms. The van der Waals surface area contributed by atoms with Gasteiger partial charge in [0, 0.05) is 46.6 Å². The zero-order valence-corrected chi connectivity index (χ0v) is 13.4. The van der Waals surface area contributed by atoms with Crippen molar-refractivity contribution in [1.82, 2.24) is 4.98 Å². The average Bonchev–Trinajstić information content (AvgIpc) is 2.86. The van der Waals surface area contributed by atoms with E-state index in [0.717, 1.165) is 27.4 Å². The molecule has 0 aliphatic carbocycles. The molecule has 1 atom stereocenters. The van der Waals surface area contributed by atoms with Crippen molar-refractivity contribution in [2.75, 3.05) is 14.2 Å². The van der Waals surface area contributed by atoms with Crippen LogP contribution in [-0.2, 0) is 15.3 Å². The van der Waals surface area contributed by atoms with Gasteiger partial charge in [-0.2, -0.15) is 0 Å². The van der Waals surface area contributed by atoms with Crippen LogP contribution in [0, 0.1) is 0 Å². The number of nitrogens with one attached hydrogen (secondary N) is 1. The lowest BCUT2D eigenvalue weighted by atomic mass is 9.99. The van der Waals surface area contributed by atoms with Crippen molar-refractivity contribution in [2.45, 2.75) is 18.8 Å². The van der Waals surface area contributed by atoms with Gasteiger partial charge in [0.25, 0.3) is 0 Å². The molecule has 0 fully saturated rings. The lowest BCUT2D eigenvalue weighted by molar-refractivity contribution is -0.264. The maximum absolute atomic E-state index is 10.1. The lowest BCUT2D eigenvalue weighted by Crippen LogP contribution is -2.41. The molecule has 116 valence electrons. The van der Waals surface area contributed by atoms with Crippen LogP contribution in [0.3, 0.4) is 0 Å². The minimum Gasteiger partial charge on any atom is -0.387 e. The number of fused-ring (bicyclic) bond motifs is 3. The quantitative estimate of drug-likeness (QED) is 0.719. The normalized spacial score (nSPS) is 13.9. The molecule has 0 amide bonds. The Balaban J connectivity index is 2.23. The molecule has 0 unspecified atom stereocenters. The van der Waals surface area contributed by atoms with Crippen molar-refractivity contribution in [2.24, 2.45) is 0 Å². The van der Waals surface area contributed by atoms with Crippen molar-refractivity contribution < 1.29 is 14.6 Å². The number of rotatable bonds is 4. The Morgan fingerprint density at radius 2 is 1.77 bits per heavy atom. The van der Waals surface area contributed by atoms with Crippen LogP contribution in [-0.4, -0.2) is 30.4 Å². The summed E-state index contributed by atoms with van der Waals surface area (Å²) >= 11 is 6.08. The van der Waals surface area contributed by atoms with E-state index in [0.29, 0.717) is 5.02 Å². The van der Waals surface area contributed by atoms with Crippen LogP contribution in [0.1, 0.15) is 12.5 Å². The second-order valence-electron chi connectivity index (χ2n) is 5.33. The number of methoxy groups -OCH3 is 2. The molecule has 4 nitrogen and oxygen atoms in total. The molecule has 0 spiro atoms. The van der Waals surface area contributed by atoms with Gasteiger partial charge in [-0.25, -0.2) is 0 Å². The van der Waals surface area contributed by atoms with Crippen LogP contribution in [0.4, 0.5) is 0 Å². The number of aliphatic hydroxyl groups is 1. The molecule has 0 saturated carbocycles. The van der Waals surface area contributed by atoms with E-state index in [1.807, 2.05) is 36.4 Å². The zero-order chi connectivity index (χ0) is 15.9. The molecular formula is C17H18ClNO3. The molecule has 1 heterocycles. The summed E-state index contributed by atoms with van der Waals surface area (Å²) in [6.07, 6.45) is -0.821. The van der Waals surface area contributed by atoms with Gasteiger partial charge < -0.3 is 19.6 Å². The van der Waals surface area contributed by atoms with Gasteiger partial charge in [-0.15, -0.1) is 0 Å². The maximum Gasteiger partial charge on any atom is 0.221 e. The van der Waals surface area contributed by atoms with Gasteiger partial charge in [-0.1, -0.05) is 23.7 Å². The molecule has 0 aliphatic heterocycles. The summed E-state index contributed by atoms with van der Waals surface area (Å²) in [6, 6.07) is 11.6. The Morgan fingerprint density at radius 3 is 2.41 bits per heavy atom. The highest BCUT2D eigenvalue weighted by Crippen LogP contribution is 2.34. The average molecular weight is 320 g/mol. The highest BCUT2D eigenvalue weighted by Gasteiger charge is 2.38. The summed E-state index contributed by atoms with van der Waals surface area (Å²) in [5.41, 5.74) is 2.69. The van der Waals surface area contributed by atoms with Crippen LogP contribution in [0.15, 0.2) is 36.4 Å². The Labute approximate surface area is 133 Å². The number of H-pyrrole nitrogens is 1. The van der Waals surface area contributed by atoms with Crippen molar-refractivity contribution in [3.63, 3.8) is 0 Å². The minimum atomic E-state index is -1.19. The van der Waals surface area contributed by atoms with E-state index in [4.69, 9.17) is 21.1 Å². The van der Waals surface area contributed by atoms with Crippen molar-refractivity contribution in [1.29, 1.82) is 0 Å². The van der Waals surface area contributed by atoms with Gasteiger partial charge >= 0.3 is 0 Å². The van der Waals surface area contributed by atoms with Crippen LogP contribution in [0.25, 0.3) is 21.8 Å². The number of aromatic amines is 1. The van der Waals surface area contributed by atoms with E-state index in [-0.39, 0.29) is 0 Å². The molecule has 2 aromatic carbocycles. The first-order valence-corrected chi connectivity index (χ1v) is 7.39. The Kier molecular flexibility index (Phi) is 3.87. The van der Waals surface area contributed by atoms with Crippen LogP contribution in [0.2, 0.25) is 5.02 Å². The lowest BCUT2D eigenvalue weighted by Gasteiger charge is -2.33. The first kappa shape index (κ1) is 15.3. The largest absolute Gasteiger partial charge is 0.387 e. The summed E-state index contributed by atoms with van der Waals surface area (Å²) < 4.78 is 10.9.